The molecule has 0 saturated heterocycles. The van der Waals surface area contributed by atoms with Crippen molar-refractivity contribution in [3.8, 4) is 0 Å². The first kappa shape index (κ1) is 5.99. The number of hydrogen-bond donors (Lipinski definition) is 0. The van der Waals surface area contributed by atoms with Crippen molar-refractivity contribution >= 4 is 11.6 Å². The monoisotopic (exact) mass is 120 g/mol. The predicted molar refractivity (Wildman–Crippen MR) is 38.9 cm³/mol. The molecule has 0 spiro atoms. The van der Waals surface area contributed by atoms with Crippen LogP contribution in [0.15, 0.2) is 28.5 Å². The third-order valence-corrected chi connectivity index (χ3v) is 1.05. The minimum atomic E-state index is 0.937. The Morgan fingerprint density at radius 2 is 2.44 bits per heavy atom. The van der Waals surface area contributed by atoms with E-state index >= 15 is 0 Å². The van der Waals surface area contributed by atoms with Gasteiger partial charge in [-0.3, -0.25) is 4.99 Å². The van der Waals surface area contributed by atoms with E-state index in [0.717, 1.165) is 12.1 Å². The fourth-order valence-electron chi connectivity index (χ4n) is 0.548. The van der Waals surface area contributed by atoms with E-state index in [1.807, 2.05) is 0 Å². The predicted octanol–water partition coefficient (Wildman–Crippen LogP) is 1.55. The van der Waals surface area contributed by atoms with Crippen LogP contribution in [0.1, 0.15) is 13.3 Å². The lowest BCUT2D eigenvalue weighted by atomic mass is 10.3. The Labute approximate surface area is 54.3 Å². The van der Waals surface area contributed by atoms with E-state index in [2.05, 4.69) is 22.8 Å². The molecule has 0 aromatic carbocycles. The van der Waals surface area contributed by atoms with Crippen LogP contribution in [0, 0.1) is 0 Å². The van der Waals surface area contributed by atoms with Crippen LogP contribution >= 0.6 is 0 Å². The fourth-order valence-corrected chi connectivity index (χ4v) is 0.548. The summed E-state index contributed by atoms with van der Waals surface area (Å²) in [5, 5.41) is 0. The van der Waals surface area contributed by atoms with E-state index in [1.165, 1.54) is 0 Å². The second-order valence-electron chi connectivity index (χ2n) is 1.67. The van der Waals surface area contributed by atoms with Crippen LogP contribution < -0.4 is 0 Å². The van der Waals surface area contributed by atoms with Crippen molar-refractivity contribution in [2.24, 2.45) is 9.98 Å². The molecule has 1 rings (SSSR count). The number of hydrogen-bond acceptors (Lipinski definition) is 2. The van der Waals surface area contributed by atoms with Gasteiger partial charge in [0.25, 0.3) is 0 Å². The van der Waals surface area contributed by atoms with Crippen LogP contribution in [-0.2, 0) is 0 Å². The molecule has 0 radical (unpaired) electrons. The molecule has 1 aliphatic rings. The lowest BCUT2D eigenvalue weighted by molar-refractivity contribution is 1.28. The van der Waals surface area contributed by atoms with Gasteiger partial charge in [0.05, 0.1) is 6.20 Å². The van der Waals surface area contributed by atoms with Gasteiger partial charge >= 0.3 is 0 Å². The average Bonchev–Trinajstić information content (AvgIpc) is 2.13. The lowest BCUT2D eigenvalue weighted by Gasteiger charge is -1.86. The summed E-state index contributed by atoms with van der Waals surface area (Å²) >= 11 is 0. The SMILES string of the molecule is CCC1=NC=CN=C=C1. The van der Waals surface area contributed by atoms with Gasteiger partial charge < -0.3 is 0 Å². The van der Waals surface area contributed by atoms with Crippen molar-refractivity contribution < 1.29 is 0 Å². The molecule has 1 heterocycles. The molecule has 0 N–H and O–H groups in total. The maximum atomic E-state index is 4.07. The molecule has 46 valence electrons. The minimum Gasteiger partial charge on any atom is -0.259 e. The summed E-state index contributed by atoms with van der Waals surface area (Å²) in [6.07, 6.45) is 6.03. The molecule has 0 aliphatic carbocycles. The van der Waals surface area contributed by atoms with E-state index in [4.69, 9.17) is 0 Å². The molecular formula is C7H8N2. The highest BCUT2D eigenvalue weighted by molar-refractivity contribution is 6.01. The number of nitrogens with zero attached hydrogens (tertiary/aromatic N) is 2. The number of allylic oxidation sites excluding steroid dienone is 1. The molecule has 9 heavy (non-hydrogen) atoms. The van der Waals surface area contributed by atoms with E-state index in [0.29, 0.717) is 0 Å². The van der Waals surface area contributed by atoms with Crippen LogP contribution in [0.5, 0.6) is 0 Å². The minimum absolute atomic E-state index is 0.937. The van der Waals surface area contributed by atoms with Crippen LogP contribution in [0.4, 0.5) is 0 Å². The first-order chi connectivity index (χ1) is 4.43. The van der Waals surface area contributed by atoms with Gasteiger partial charge in [0.15, 0.2) is 0 Å². The molecular weight excluding hydrogens is 112 g/mol. The highest BCUT2D eigenvalue weighted by Gasteiger charge is 1.86. The Morgan fingerprint density at radius 3 is 3.22 bits per heavy atom. The van der Waals surface area contributed by atoms with Gasteiger partial charge in [0.2, 0.25) is 0 Å². The molecule has 0 atom stereocenters. The van der Waals surface area contributed by atoms with Gasteiger partial charge in [0, 0.05) is 18.0 Å². The van der Waals surface area contributed by atoms with E-state index < -0.39 is 0 Å². The topological polar surface area (TPSA) is 24.7 Å². The second-order valence-corrected chi connectivity index (χ2v) is 1.67. The van der Waals surface area contributed by atoms with Crippen molar-refractivity contribution in [2.75, 3.05) is 0 Å². The number of rotatable bonds is 1. The molecule has 2 nitrogen and oxygen atoms in total. The summed E-state index contributed by atoms with van der Waals surface area (Å²) in [5.74, 6) is 2.73. The van der Waals surface area contributed by atoms with E-state index in [1.54, 1.807) is 18.5 Å². The van der Waals surface area contributed by atoms with Crippen molar-refractivity contribution in [1.29, 1.82) is 0 Å². The molecule has 1 aliphatic heterocycles. The van der Waals surface area contributed by atoms with Crippen LogP contribution in [0.25, 0.3) is 0 Å². The smallest absolute Gasteiger partial charge is 0.0551 e. The van der Waals surface area contributed by atoms with E-state index in [-0.39, 0.29) is 0 Å². The zero-order valence-corrected chi connectivity index (χ0v) is 5.33. The molecule has 0 fully saturated rings. The molecule has 2 heteroatoms. The van der Waals surface area contributed by atoms with Crippen LogP contribution in [0.3, 0.4) is 0 Å². The van der Waals surface area contributed by atoms with Gasteiger partial charge in [-0.15, -0.1) is 0 Å². The van der Waals surface area contributed by atoms with E-state index in [9.17, 15) is 0 Å². The van der Waals surface area contributed by atoms with Gasteiger partial charge in [-0.2, -0.15) is 0 Å². The van der Waals surface area contributed by atoms with Crippen LogP contribution in [-0.4, -0.2) is 11.6 Å². The zero-order valence-electron chi connectivity index (χ0n) is 5.33. The largest absolute Gasteiger partial charge is 0.259 e. The summed E-state index contributed by atoms with van der Waals surface area (Å²) < 4.78 is 0. The van der Waals surface area contributed by atoms with Crippen molar-refractivity contribution in [2.45, 2.75) is 13.3 Å². The highest BCUT2D eigenvalue weighted by Crippen LogP contribution is 1.90. The first-order valence-corrected chi connectivity index (χ1v) is 2.93. The summed E-state index contributed by atoms with van der Waals surface area (Å²) in [4.78, 5) is 7.83. The molecule has 0 unspecified atom stereocenters. The van der Waals surface area contributed by atoms with Gasteiger partial charge in [0.1, 0.15) is 0 Å². The summed E-state index contributed by atoms with van der Waals surface area (Å²) in [6.45, 7) is 2.05. The molecule has 0 bridgehead atoms. The standard InChI is InChI=1S/C7H8N2/c1-2-7-3-4-8-5-6-9-7/h3,5-6H,2H2,1H3. The van der Waals surface area contributed by atoms with Gasteiger partial charge in [-0.1, -0.05) is 6.92 Å². The Hall–Kier alpha value is -1.14. The highest BCUT2D eigenvalue weighted by atomic mass is 14.8. The molecule has 0 saturated carbocycles. The van der Waals surface area contributed by atoms with Crippen molar-refractivity contribution in [3.05, 3.63) is 18.5 Å². The summed E-state index contributed by atoms with van der Waals surface area (Å²) in [7, 11) is 0. The normalized spacial score (nSPS) is 15.4. The summed E-state index contributed by atoms with van der Waals surface area (Å²) in [5.41, 5.74) is 1.02. The van der Waals surface area contributed by atoms with Gasteiger partial charge in [-0.05, 0) is 12.3 Å². The zero-order chi connectivity index (χ0) is 6.53. The Balaban J connectivity index is 2.82. The van der Waals surface area contributed by atoms with Gasteiger partial charge in [-0.25, -0.2) is 4.99 Å². The molecule has 0 amide bonds. The van der Waals surface area contributed by atoms with Crippen molar-refractivity contribution in [1.82, 2.24) is 0 Å². The number of aliphatic imine (C=N–C) groups is 2. The maximum absolute atomic E-state index is 4.07. The van der Waals surface area contributed by atoms with Crippen LogP contribution in [0.2, 0.25) is 0 Å². The van der Waals surface area contributed by atoms with Crippen molar-refractivity contribution in [3.63, 3.8) is 0 Å². The Morgan fingerprint density at radius 1 is 1.56 bits per heavy atom. The quantitative estimate of drug-likeness (QED) is 0.501. The molecule has 0 aromatic heterocycles. The summed E-state index contributed by atoms with van der Waals surface area (Å²) in [6, 6.07) is 0. The maximum Gasteiger partial charge on any atom is 0.0551 e. The third-order valence-electron chi connectivity index (χ3n) is 1.05. The first-order valence-electron chi connectivity index (χ1n) is 2.93. The Bertz CT molecular complexity index is 205. The second kappa shape index (κ2) is 3.00. The lowest BCUT2D eigenvalue weighted by Crippen LogP contribution is -1.87. The average molecular weight is 120 g/mol. The third kappa shape index (κ3) is 1.67. The Kier molecular flexibility index (Phi) is 2.00. The fraction of sp³-hybridized carbons (Fsp3) is 0.286. The molecule has 0 aromatic rings.